The minimum atomic E-state index is 0. The highest BCUT2D eigenvalue weighted by atomic mass is 35.5. The average molecular weight is 123 g/mol. The molecule has 0 atom stereocenters. The second kappa shape index (κ2) is 182. The van der Waals surface area contributed by atoms with Crippen LogP contribution in [0.1, 0.15) is 0 Å². The van der Waals surface area contributed by atoms with Crippen LogP contribution in [0.3, 0.4) is 0 Å². The highest BCUT2D eigenvalue weighted by molar-refractivity contribution is 5.85. The summed E-state index contributed by atoms with van der Waals surface area (Å²) >= 11 is 0. The Bertz CT molecular complexity index is 7.61. The maximum absolute atomic E-state index is 0. The first kappa shape index (κ1) is 363. The molecule has 0 saturated heterocycles. The molecule has 0 saturated carbocycles. The molecule has 0 aliphatic heterocycles. The van der Waals surface area contributed by atoms with Gasteiger partial charge in [0.1, 0.15) is 0 Å². The molecule has 38 valence electrons. The highest BCUT2D eigenvalue weighted by Crippen LogP contribution is 0.691. The Morgan fingerprint density at radius 2 is 0.600 bits per heavy atom. The first-order valence-corrected chi connectivity index (χ1v) is 0. The molecule has 0 bridgehead atoms. The fraction of sp³-hybridized carbons (Fsp3) is 0. The van der Waals surface area contributed by atoms with Crippen LogP contribution in [0.25, 0.3) is 0 Å². The number of halogens is 2. The van der Waals surface area contributed by atoms with Crippen LogP contribution in [0.5, 0.6) is 0 Å². The normalized spacial score (nSPS) is 0. The lowest BCUT2D eigenvalue weighted by atomic mass is 10.8. The zero-order chi connectivity index (χ0) is 0. The predicted octanol–water partition coefficient (Wildman–Crippen LogP) is -1.99. The summed E-state index contributed by atoms with van der Waals surface area (Å²) < 4.78 is 0. The van der Waals surface area contributed by atoms with Gasteiger partial charge in [-0.25, -0.2) is 0 Å². The summed E-state index contributed by atoms with van der Waals surface area (Å²) in [6.45, 7) is 0. The van der Waals surface area contributed by atoms with E-state index in [0.717, 1.165) is 0 Å². The third kappa shape index (κ3) is 94.1. The standard InChI is InChI=1S/BH3.2ClH.2H2O/h1H3;2*1H;2*1H2. The molecule has 0 aliphatic rings. The monoisotopic (exact) mass is 122 g/mol. The fourth-order valence-electron chi connectivity index (χ4n) is 0. The molecule has 5 heavy (non-hydrogen) atoms. The Kier molecular flexibility index (Phi) is 13200. The van der Waals surface area contributed by atoms with E-state index in [0.29, 0.717) is 0 Å². The lowest BCUT2D eigenvalue weighted by Crippen LogP contribution is -0.381. The van der Waals surface area contributed by atoms with Gasteiger partial charge in [-0.1, -0.05) is 0 Å². The van der Waals surface area contributed by atoms with Crippen molar-refractivity contribution in [3.05, 3.63) is 0 Å². The largest absolute Gasteiger partial charge is 0.412 e. The van der Waals surface area contributed by atoms with Crippen LogP contribution in [0.2, 0.25) is 0 Å². The number of hydrogen-bond acceptors (Lipinski definition) is 0. The predicted molar refractivity (Wildman–Crippen MR) is 31.7 cm³/mol. The van der Waals surface area contributed by atoms with E-state index in [4.69, 9.17) is 0 Å². The first-order valence-electron chi connectivity index (χ1n) is 0. The van der Waals surface area contributed by atoms with Gasteiger partial charge in [-0.2, -0.15) is 0 Å². The van der Waals surface area contributed by atoms with Crippen LogP contribution >= 0.6 is 24.8 Å². The molecule has 0 radical (unpaired) electrons. The summed E-state index contributed by atoms with van der Waals surface area (Å²) in [5, 5.41) is 0. The molecule has 0 fully saturated rings. The quantitative estimate of drug-likeness (QED) is 0.334. The molecular formula is H9BCl2O2. The van der Waals surface area contributed by atoms with Crippen molar-refractivity contribution in [2.45, 2.75) is 0 Å². The van der Waals surface area contributed by atoms with Crippen LogP contribution in [0.15, 0.2) is 0 Å². The molecule has 0 amide bonds. The van der Waals surface area contributed by atoms with Gasteiger partial charge in [-0.15, -0.1) is 24.8 Å². The van der Waals surface area contributed by atoms with Crippen molar-refractivity contribution in [1.82, 2.24) is 0 Å². The highest BCUT2D eigenvalue weighted by Gasteiger charge is 0.0814. The Labute approximate surface area is 45.0 Å². The molecule has 4 N–H and O–H groups in total. The molecule has 0 aromatic heterocycles. The summed E-state index contributed by atoms with van der Waals surface area (Å²) in [5.41, 5.74) is 0. The van der Waals surface area contributed by atoms with Crippen molar-refractivity contribution in [2.24, 2.45) is 0 Å². The topological polar surface area (TPSA) is 63.0 Å². The maximum atomic E-state index is 0. The molecule has 0 spiro atoms. The van der Waals surface area contributed by atoms with Gasteiger partial charge in [-0.3, -0.25) is 0 Å². The zero-order valence-corrected chi connectivity index (χ0v) is 3.45. The van der Waals surface area contributed by atoms with E-state index in [-0.39, 0.29) is 44.2 Å². The van der Waals surface area contributed by atoms with Gasteiger partial charge >= 0.3 is 0 Å². The average Bonchev–Trinajstić information content (AvgIpc) is 0. The summed E-state index contributed by atoms with van der Waals surface area (Å²) in [4.78, 5) is 0. The van der Waals surface area contributed by atoms with Gasteiger partial charge in [-0.05, 0) is 0 Å². The molecule has 0 aromatic rings. The summed E-state index contributed by atoms with van der Waals surface area (Å²) in [6, 6.07) is 0. The molecule has 2 nitrogen and oxygen atoms in total. The first-order chi connectivity index (χ1) is 0. The third-order valence-corrected chi connectivity index (χ3v) is 0. The molecule has 0 unspecified atom stereocenters. The maximum Gasteiger partial charge on any atom is 0.0814 e. The Balaban J connectivity index is 0. The van der Waals surface area contributed by atoms with Gasteiger partial charge in [0.05, 0.1) is 8.41 Å². The van der Waals surface area contributed by atoms with Crippen LogP contribution in [0, 0.1) is 0 Å². The van der Waals surface area contributed by atoms with E-state index in [1.807, 2.05) is 0 Å². The summed E-state index contributed by atoms with van der Waals surface area (Å²) in [7, 11) is 0. The van der Waals surface area contributed by atoms with Crippen molar-refractivity contribution < 1.29 is 11.0 Å². The van der Waals surface area contributed by atoms with E-state index < -0.39 is 0 Å². The molecule has 0 heterocycles. The Morgan fingerprint density at radius 3 is 0.600 bits per heavy atom. The molecule has 0 rings (SSSR count). The number of hydrogen-bond donors (Lipinski definition) is 0. The van der Waals surface area contributed by atoms with Gasteiger partial charge in [0.2, 0.25) is 0 Å². The number of rotatable bonds is 0. The van der Waals surface area contributed by atoms with Gasteiger partial charge in [0.25, 0.3) is 0 Å². The molecule has 5 heteroatoms. The van der Waals surface area contributed by atoms with Gasteiger partial charge in [0, 0.05) is 0 Å². The summed E-state index contributed by atoms with van der Waals surface area (Å²) in [6.07, 6.45) is 0. The van der Waals surface area contributed by atoms with Gasteiger partial charge < -0.3 is 11.0 Å². The van der Waals surface area contributed by atoms with Crippen LogP contribution < -0.4 is 0 Å². The van der Waals surface area contributed by atoms with Crippen LogP contribution in [-0.2, 0) is 0 Å². The smallest absolute Gasteiger partial charge is 0.0814 e. The third-order valence-electron chi connectivity index (χ3n) is 0. The minimum absolute atomic E-state index is 0. The second-order valence-electron chi connectivity index (χ2n) is 0. The second-order valence-corrected chi connectivity index (χ2v) is 0. The van der Waals surface area contributed by atoms with E-state index in [1.54, 1.807) is 0 Å². The van der Waals surface area contributed by atoms with E-state index in [2.05, 4.69) is 0 Å². The van der Waals surface area contributed by atoms with Gasteiger partial charge in [0.15, 0.2) is 0 Å². The summed E-state index contributed by atoms with van der Waals surface area (Å²) in [5.74, 6) is 0. The zero-order valence-electron chi connectivity index (χ0n) is 1.82. The minimum Gasteiger partial charge on any atom is -0.412 e. The van der Waals surface area contributed by atoms with Crippen molar-refractivity contribution in [3.63, 3.8) is 0 Å². The van der Waals surface area contributed by atoms with E-state index in [9.17, 15) is 0 Å². The lowest BCUT2D eigenvalue weighted by Gasteiger charge is -0.413. The molecule has 0 aromatic carbocycles. The Hall–Kier alpha value is 0.565. The van der Waals surface area contributed by atoms with Crippen molar-refractivity contribution >= 4 is 33.2 Å². The van der Waals surface area contributed by atoms with E-state index in [1.165, 1.54) is 0 Å². The van der Waals surface area contributed by atoms with E-state index >= 15 is 0 Å². The van der Waals surface area contributed by atoms with Crippen molar-refractivity contribution in [2.75, 3.05) is 0 Å². The SMILES string of the molecule is B.Cl.Cl.O.O. The van der Waals surface area contributed by atoms with Crippen molar-refractivity contribution in [1.29, 1.82) is 0 Å². The lowest BCUT2D eigenvalue weighted by molar-refractivity contribution is 0.823. The van der Waals surface area contributed by atoms with Crippen LogP contribution in [0.4, 0.5) is 0 Å². The Morgan fingerprint density at radius 1 is 0.600 bits per heavy atom. The molecular weight excluding hydrogens is 114 g/mol. The van der Waals surface area contributed by atoms with Crippen molar-refractivity contribution in [3.8, 4) is 0 Å². The fourth-order valence-corrected chi connectivity index (χ4v) is 0. The molecule has 0 aliphatic carbocycles. The van der Waals surface area contributed by atoms with Crippen LogP contribution in [-0.4, -0.2) is 19.4 Å².